The highest BCUT2D eigenvalue weighted by Gasteiger charge is 2.03. The lowest BCUT2D eigenvalue weighted by Crippen LogP contribution is -1.98. The molecule has 2 aromatic rings. The molecule has 0 spiro atoms. The zero-order valence-corrected chi connectivity index (χ0v) is 12.2. The second kappa shape index (κ2) is 7.07. The van der Waals surface area contributed by atoms with Crippen LogP contribution in [0, 0.1) is 6.92 Å². The first-order valence-electron chi connectivity index (χ1n) is 7.31. The van der Waals surface area contributed by atoms with Gasteiger partial charge in [0.05, 0.1) is 0 Å². The monoisotopic (exact) mass is 288 g/mol. The van der Waals surface area contributed by atoms with Crippen molar-refractivity contribution in [1.29, 1.82) is 0 Å². The minimum atomic E-state index is -0.727. The second-order valence-electron chi connectivity index (χ2n) is 5.39. The normalized spacial score (nSPS) is 10.9. The number of carbonyl (C=O) groups is 1. The summed E-state index contributed by atoms with van der Waals surface area (Å²) in [6, 6.07) is 7.49. The quantitative estimate of drug-likeness (QED) is 0.623. The molecule has 2 rings (SSSR count). The summed E-state index contributed by atoms with van der Waals surface area (Å²) >= 11 is 0. The van der Waals surface area contributed by atoms with Gasteiger partial charge in [-0.2, -0.15) is 0 Å². The number of hydrogen-bond acceptors (Lipinski definition) is 3. The van der Waals surface area contributed by atoms with Crippen LogP contribution in [-0.4, -0.2) is 11.1 Å². The first-order chi connectivity index (χ1) is 10.1. The van der Waals surface area contributed by atoms with Crippen LogP contribution in [0.15, 0.2) is 33.5 Å². The largest absolute Gasteiger partial charge is 0.481 e. The van der Waals surface area contributed by atoms with E-state index >= 15 is 0 Å². The van der Waals surface area contributed by atoms with Crippen LogP contribution >= 0.6 is 0 Å². The number of fused-ring (bicyclic) bond motifs is 1. The number of rotatable bonds is 7. The topological polar surface area (TPSA) is 67.5 Å². The van der Waals surface area contributed by atoms with E-state index in [1.807, 2.05) is 19.1 Å². The van der Waals surface area contributed by atoms with Crippen molar-refractivity contribution in [3.05, 3.63) is 45.8 Å². The van der Waals surface area contributed by atoms with E-state index in [1.165, 1.54) is 6.07 Å². The Kier molecular flexibility index (Phi) is 5.14. The van der Waals surface area contributed by atoms with Crippen LogP contribution in [0.1, 0.15) is 43.2 Å². The van der Waals surface area contributed by atoms with Crippen molar-refractivity contribution in [2.75, 3.05) is 0 Å². The van der Waals surface area contributed by atoms with Crippen LogP contribution < -0.4 is 5.63 Å². The maximum Gasteiger partial charge on any atom is 0.336 e. The lowest BCUT2D eigenvalue weighted by atomic mass is 10.0. The van der Waals surface area contributed by atoms with E-state index < -0.39 is 5.97 Å². The summed E-state index contributed by atoms with van der Waals surface area (Å²) in [6.45, 7) is 1.90. The van der Waals surface area contributed by atoms with Crippen molar-refractivity contribution in [2.24, 2.45) is 0 Å². The number of benzene rings is 1. The Morgan fingerprint density at radius 2 is 1.90 bits per heavy atom. The van der Waals surface area contributed by atoms with Gasteiger partial charge in [-0.05, 0) is 43.4 Å². The molecule has 0 aliphatic heterocycles. The van der Waals surface area contributed by atoms with Gasteiger partial charge in [0, 0.05) is 17.9 Å². The molecular formula is C17H20O4. The van der Waals surface area contributed by atoms with E-state index in [4.69, 9.17) is 9.52 Å². The van der Waals surface area contributed by atoms with Crippen molar-refractivity contribution in [3.63, 3.8) is 0 Å². The van der Waals surface area contributed by atoms with Crippen LogP contribution in [0.2, 0.25) is 0 Å². The summed E-state index contributed by atoms with van der Waals surface area (Å²) in [7, 11) is 0. The Morgan fingerprint density at radius 1 is 1.14 bits per heavy atom. The zero-order chi connectivity index (χ0) is 15.2. The molecule has 0 amide bonds. The first-order valence-corrected chi connectivity index (χ1v) is 7.31. The third-order valence-corrected chi connectivity index (χ3v) is 3.62. The highest BCUT2D eigenvalue weighted by atomic mass is 16.4. The van der Waals surface area contributed by atoms with Crippen LogP contribution in [0.3, 0.4) is 0 Å². The maximum atomic E-state index is 11.4. The molecule has 0 atom stereocenters. The Hall–Kier alpha value is -2.10. The Labute approximate surface area is 123 Å². The minimum absolute atomic E-state index is 0.250. The lowest BCUT2D eigenvalue weighted by Gasteiger charge is -2.05. The van der Waals surface area contributed by atoms with Gasteiger partial charge in [0.1, 0.15) is 5.58 Å². The second-order valence-corrected chi connectivity index (χ2v) is 5.39. The Bertz CT molecular complexity index is 685. The van der Waals surface area contributed by atoms with Gasteiger partial charge < -0.3 is 9.52 Å². The van der Waals surface area contributed by atoms with Crippen molar-refractivity contribution >= 4 is 16.9 Å². The zero-order valence-electron chi connectivity index (χ0n) is 12.2. The molecule has 1 aromatic heterocycles. The molecule has 4 heteroatoms. The van der Waals surface area contributed by atoms with Crippen LogP contribution in [0.25, 0.3) is 11.0 Å². The van der Waals surface area contributed by atoms with Gasteiger partial charge in [-0.1, -0.05) is 25.0 Å². The third-order valence-electron chi connectivity index (χ3n) is 3.62. The molecule has 0 aliphatic carbocycles. The molecular weight excluding hydrogens is 268 g/mol. The molecule has 1 aromatic carbocycles. The number of aliphatic carboxylic acids is 1. The number of hydrogen-bond donors (Lipinski definition) is 1. The number of unbranched alkanes of at least 4 members (excludes halogenated alkanes) is 3. The molecule has 1 heterocycles. The highest BCUT2D eigenvalue weighted by Crippen LogP contribution is 2.19. The van der Waals surface area contributed by atoms with Gasteiger partial charge in [0.25, 0.3) is 0 Å². The fourth-order valence-electron chi connectivity index (χ4n) is 2.48. The fraction of sp³-hybridized carbons (Fsp3) is 0.412. The van der Waals surface area contributed by atoms with Gasteiger partial charge in [-0.25, -0.2) is 4.79 Å². The fourth-order valence-corrected chi connectivity index (χ4v) is 2.48. The van der Waals surface area contributed by atoms with E-state index in [0.717, 1.165) is 48.6 Å². The number of carboxylic acid groups (broad SMARTS) is 1. The summed E-state index contributed by atoms with van der Waals surface area (Å²) < 4.78 is 5.23. The lowest BCUT2D eigenvalue weighted by molar-refractivity contribution is -0.137. The van der Waals surface area contributed by atoms with E-state index in [2.05, 4.69) is 6.07 Å². The predicted molar refractivity (Wildman–Crippen MR) is 81.6 cm³/mol. The standard InChI is InChI=1S/C17H20O4/c1-12-10-17(20)21-15-11-13(8-9-14(12)15)6-4-2-3-5-7-16(18)19/h8-11H,2-7H2,1H3,(H,18,19). The SMILES string of the molecule is Cc1cc(=O)oc2cc(CCCCCCC(=O)O)ccc12. The van der Waals surface area contributed by atoms with Crippen molar-refractivity contribution in [2.45, 2.75) is 45.4 Å². The van der Waals surface area contributed by atoms with Crippen molar-refractivity contribution in [1.82, 2.24) is 0 Å². The third kappa shape index (κ3) is 4.45. The van der Waals surface area contributed by atoms with Crippen LogP contribution in [0.4, 0.5) is 0 Å². The minimum Gasteiger partial charge on any atom is -0.481 e. The predicted octanol–water partition coefficient (Wildman–Crippen LogP) is 3.68. The molecule has 0 radical (unpaired) electrons. The summed E-state index contributed by atoms with van der Waals surface area (Å²) in [5.74, 6) is -0.727. The molecule has 0 fully saturated rings. The molecule has 21 heavy (non-hydrogen) atoms. The van der Waals surface area contributed by atoms with Crippen molar-refractivity contribution in [3.8, 4) is 0 Å². The van der Waals surface area contributed by atoms with Gasteiger partial charge in [-0.15, -0.1) is 0 Å². The van der Waals surface area contributed by atoms with Crippen LogP contribution in [0.5, 0.6) is 0 Å². The Balaban J connectivity index is 1.91. The first kappa shape index (κ1) is 15.3. The maximum absolute atomic E-state index is 11.4. The molecule has 0 saturated carbocycles. The Morgan fingerprint density at radius 3 is 2.67 bits per heavy atom. The molecule has 0 saturated heterocycles. The van der Waals surface area contributed by atoms with E-state index in [-0.39, 0.29) is 12.0 Å². The molecule has 0 bridgehead atoms. The molecule has 1 N–H and O–H groups in total. The van der Waals surface area contributed by atoms with Crippen molar-refractivity contribution < 1.29 is 14.3 Å². The van der Waals surface area contributed by atoms with Gasteiger partial charge >= 0.3 is 11.6 Å². The number of aryl methyl sites for hydroxylation is 2. The van der Waals surface area contributed by atoms with Gasteiger partial charge in [0.15, 0.2) is 0 Å². The summed E-state index contributed by atoms with van der Waals surface area (Å²) in [6.07, 6.45) is 4.88. The summed E-state index contributed by atoms with van der Waals surface area (Å²) in [4.78, 5) is 21.8. The highest BCUT2D eigenvalue weighted by molar-refractivity contribution is 5.80. The van der Waals surface area contributed by atoms with E-state index in [1.54, 1.807) is 0 Å². The van der Waals surface area contributed by atoms with E-state index in [0.29, 0.717) is 5.58 Å². The smallest absolute Gasteiger partial charge is 0.336 e. The molecule has 112 valence electrons. The average Bonchev–Trinajstić information content (AvgIpc) is 2.41. The number of carboxylic acids is 1. The van der Waals surface area contributed by atoms with Gasteiger partial charge in [-0.3, -0.25) is 4.79 Å². The summed E-state index contributed by atoms with van der Waals surface area (Å²) in [5, 5.41) is 9.53. The molecule has 0 unspecified atom stereocenters. The van der Waals surface area contributed by atoms with Gasteiger partial charge in [0.2, 0.25) is 0 Å². The van der Waals surface area contributed by atoms with Crippen LogP contribution in [-0.2, 0) is 11.2 Å². The molecule has 4 nitrogen and oxygen atoms in total. The molecule has 0 aliphatic rings. The van der Waals surface area contributed by atoms with E-state index in [9.17, 15) is 9.59 Å². The average molecular weight is 288 g/mol. The summed E-state index contributed by atoms with van der Waals surface area (Å²) in [5.41, 5.74) is 2.41.